The number of aryl methyl sites for hydroxylation is 1. The summed E-state index contributed by atoms with van der Waals surface area (Å²) < 4.78 is 0. The maximum Gasteiger partial charge on any atom is 0.248 e. The minimum atomic E-state index is -0.694. The molecule has 1 unspecified atom stereocenters. The van der Waals surface area contributed by atoms with E-state index in [1.54, 1.807) is 24.3 Å². The van der Waals surface area contributed by atoms with Crippen LogP contribution in [0.3, 0.4) is 0 Å². The van der Waals surface area contributed by atoms with Crippen LogP contribution in [-0.2, 0) is 28.0 Å². The standard InChI is InChI=1S/C20H18N2O3/c21-18(24)15-7-5-13(6-8-15)12-22-17(23)11-20(19(22)25)10-9-14-3-1-2-4-16(14)20/h1-8H,9-12H2,(H2,21,24). The normalized spacial score (nSPS) is 21.8. The van der Waals surface area contributed by atoms with Crippen molar-refractivity contribution >= 4 is 17.7 Å². The first kappa shape index (κ1) is 15.6. The average Bonchev–Trinajstić information content (AvgIpc) is 3.09. The number of hydrogen-bond donors (Lipinski definition) is 1. The van der Waals surface area contributed by atoms with E-state index in [-0.39, 0.29) is 24.8 Å². The van der Waals surface area contributed by atoms with Crippen LogP contribution in [0.1, 0.15) is 39.9 Å². The number of benzene rings is 2. The quantitative estimate of drug-likeness (QED) is 0.871. The highest BCUT2D eigenvalue weighted by atomic mass is 16.2. The van der Waals surface area contributed by atoms with Gasteiger partial charge in [-0.3, -0.25) is 19.3 Å². The molecule has 1 heterocycles. The molecule has 2 aromatic carbocycles. The Morgan fingerprint density at radius 1 is 1.08 bits per heavy atom. The molecule has 0 aromatic heterocycles. The van der Waals surface area contributed by atoms with Crippen LogP contribution >= 0.6 is 0 Å². The molecule has 5 nitrogen and oxygen atoms in total. The second-order valence-electron chi connectivity index (χ2n) is 6.76. The summed E-state index contributed by atoms with van der Waals surface area (Å²) in [4.78, 5) is 38.2. The van der Waals surface area contributed by atoms with Gasteiger partial charge in [0.15, 0.2) is 0 Å². The van der Waals surface area contributed by atoms with Crippen LogP contribution in [0.4, 0.5) is 0 Å². The van der Waals surface area contributed by atoms with Gasteiger partial charge >= 0.3 is 0 Å². The van der Waals surface area contributed by atoms with Gasteiger partial charge in [0.25, 0.3) is 0 Å². The van der Waals surface area contributed by atoms with Crippen molar-refractivity contribution in [2.75, 3.05) is 0 Å². The number of nitrogens with zero attached hydrogens (tertiary/aromatic N) is 1. The van der Waals surface area contributed by atoms with E-state index in [0.29, 0.717) is 12.0 Å². The van der Waals surface area contributed by atoms with E-state index in [0.717, 1.165) is 23.1 Å². The summed E-state index contributed by atoms with van der Waals surface area (Å²) in [7, 11) is 0. The van der Waals surface area contributed by atoms with Crippen LogP contribution in [0, 0.1) is 0 Å². The molecule has 1 fully saturated rings. The molecule has 1 spiro atoms. The van der Waals surface area contributed by atoms with Crippen LogP contribution in [0.25, 0.3) is 0 Å². The molecule has 4 rings (SSSR count). The highest BCUT2D eigenvalue weighted by Crippen LogP contribution is 2.47. The molecule has 0 saturated carbocycles. The van der Waals surface area contributed by atoms with E-state index in [1.165, 1.54) is 4.90 Å². The Balaban J connectivity index is 1.61. The summed E-state index contributed by atoms with van der Waals surface area (Å²) >= 11 is 0. The molecule has 0 radical (unpaired) electrons. The number of fused-ring (bicyclic) bond motifs is 2. The summed E-state index contributed by atoms with van der Waals surface area (Å²) in [6.45, 7) is 0.223. The number of nitrogens with two attached hydrogens (primary N) is 1. The first-order chi connectivity index (χ1) is 12.0. The molecule has 0 bridgehead atoms. The lowest BCUT2D eigenvalue weighted by atomic mass is 9.80. The number of carbonyl (C=O) groups is 3. The lowest BCUT2D eigenvalue weighted by molar-refractivity contribution is -0.140. The molecule has 3 amide bonds. The summed E-state index contributed by atoms with van der Waals surface area (Å²) in [5, 5.41) is 0. The zero-order valence-electron chi connectivity index (χ0n) is 13.7. The molecule has 126 valence electrons. The van der Waals surface area contributed by atoms with E-state index < -0.39 is 11.3 Å². The number of rotatable bonds is 3. The van der Waals surface area contributed by atoms with Crippen LogP contribution in [0.5, 0.6) is 0 Å². The van der Waals surface area contributed by atoms with Crippen molar-refractivity contribution in [3.8, 4) is 0 Å². The van der Waals surface area contributed by atoms with Crippen LogP contribution in [0.2, 0.25) is 0 Å². The minimum Gasteiger partial charge on any atom is -0.366 e. The van der Waals surface area contributed by atoms with Crippen molar-refractivity contribution in [1.29, 1.82) is 0 Å². The number of imide groups is 1. The van der Waals surface area contributed by atoms with Gasteiger partial charge in [-0.1, -0.05) is 36.4 Å². The van der Waals surface area contributed by atoms with Crippen molar-refractivity contribution in [2.45, 2.75) is 31.2 Å². The predicted octanol–water partition coefficient (Wildman–Crippen LogP) is 1.93. The lowest BCUT2D eigenvalue weighted by Gasteiger charge is -2.23. The second kappa shape index (κ2) is 5.55. The average molecular weight is 334 g/mol. The molecule has 1 aliphatic carbocycles. The maximum atomic E-state index is 13.1. The van der Waals surface area contributed by atoms with Gasteiger partial charge in [-0.2, -0.15) is 0 Å². The van der Waals surface area contributed by atoms with E-state index in [1.807, 2.05) is 24.3 Å². The first-order valence-electron chi connectivity index (χ1n) is 8.33. The van der Waals surface area contributed by atoms with Gasteiger partial charge in [-0.25, -0.2) is 0 Å². The number of likely N-dealkylation sites (tertiary alicyclic amines) is 1. The molecule has 2 N–H and O–H groups in total. The monoisotopic (exact) mass is 334 g/mol. The van der Waals surface area contributed by atoms with Crippen LogP contribution in [0.15, 0.2) is 48.5 Å². The first-order valence-corrected chi connectivity index (χ1v) is 8.33. The zero-order chi connectivity index (χ0) is 17.6. The molecule has 5 heteroatoms. The second-order valence-corrected chi connectivity index (χ2v) is 6.76. The third kappa shape index (κ3) is 2.35. The fourth-order valence-electron chi connectivity index (χ4n) is 4.01. The summed E-state index contributed by atoms with van der Waals surface area (Å²) in [5.74, 6) is -0.747. The van der Waals surface area contributed by atoms with E-state index in [4.69, 9.17) is 5.73 Å². The Morgan fingerprint density at radius 2 is 1.80 bits per heavy atom. The van der Waals surface area contributed by atoms with Crippen LogP contribution < -0.4 is 5.73 Å². The molecule has 1 saturated heterocycles. The maximum absolute atomic E-state index is 13.1. The molecule has 1 aliphatic heterocycles. The number of primary amides is 1. The fourth-order valence-corrected chi connectivity index (χ4v) is 4.01. The highest BCUT2D eigenvalue weighted by molar-refractivity contribution is 6.09. The summed E-state index contributed by atoms with van der Waals surface area (Å²) in [5.41, 5.74) is 7.91. The molecule has 2 aliphatic rings. The minimum absolute atomic E-state index is 0.110. The molecular formula is C20H18N2O3. The van der Waals surface area contributed by atoms with Gasteiger partial charge in [0.1, 0.15) is 0 Å². The molecule has 2 aromatic rings. The number of hydrogen-bond acceptors (Lipinski definition) is 3. The molecule has 1 atom stereocenters. The van der Waals surface area contributed by atoms with E-state index in [9.17, 15) is 14.4 Å². The van der Waals surface area contributed by atoms with Crippen molar-refractivity contribution in [2.24, 2.45) is 5.73 Å². The van der Waals surface area contributed by atoms with Gasteiger partial charge < -0.3 is 5.73 Å². The smallest absolute Gasteiger partial charge is 0.248 e. The third-order valence-electron chi connectivity index (χ3n) is 5.34. The number of amides is 3. The van der Waals surface area contributed by atoms with Crippen LogP contribution in [-0.4, -0.2) is 22.6 Å². The van der Waals surface area contributed by atoms with Gasteiger partial charge in [0, 0.05) is 12.0 Å². The highest BCUT2D eigenvalue weighted by Gasteiger charge is 2.55. The van der Waals surface area contributed by atoms with Gasteiger partial charge in [-0.15, -0.1) is 0 Å². The molecule has 25 heavy (non-hydrogen) atoms. The van der Waals surface area contributed by atoms with Crippen molar-refractivity contribution in [3.05, 3.63) is 70.8 Å². The summed E-state index contributed by atoms with van der Waals surface area (Å²) in [6.07, 6.45) is 1.76. The molecular weight excluding hydrogens is 316 g/mol. The Bertz CT molecular complexity index is 888. The third-order valence-corrected chi connectivity index (χ3v) is 5.34. The lowest BCUT2D eigenvalue weighted by Crippen LogP contribution is -2.36. The van der Waals surface area contributed by atoms with E-state index in [2.05, 4.69) is 0 Å². The Kier molecular flexibility index (Phi) is 3.46. The van der Waals surface area contributed by atoms with Crippen molar-refractivity contribution < 1.29 is 14.4 Å². The SMILES string of the molecule is NC(=O)c1ccc(CN2C(=O)CC3(CCc4ccccc43)C2=O)cc1. The summed E-state index contributed by atoms with van der Waals surface area (Å²) in [6, 6.07) is 14.6. The topological polar surface area (TPSA) is 80.5 Å². The number of carbonyl (C=O) groups excluding carboxylic acids is 3. The largest absolute Gasteiger partial charge is 0.366 e. The van der Waals surface area contributed by atoms with Gasteiger partial charge in [0.2, 0.25) is 17.7 Å². The van der Waals surface area contributed by atoms with Gasteiger partial charge in [-0.05, 0) is 41.7 Å². The predicted molar refractivity (Wildman–Crippen MR) is 91.6 cm³/mol. The Labute approximate surface area is 145 Å². The van der Waals surface area contributed by atoms with Gasteiger partial charge in [0.05, 0.1) is 12.0 Å². The Hall–Kier alpha value is -2.95. The van der Waals surface area contributed by atoms with E-state index >= 15 is 0 Å². The fraction of sp³-hybridized carbons (Fsp3) is 0.250. The van der Waals surface area contributed by atoms with Crippen molar-refractivity contribution in [1.82, 2.24) is 4.90 Å². The zero-order valence-corrected chi connectivity index (χ0v) is 13.7. The van der Waals surface area contributed by atoms with Crippen molar-refractivity contribution in [3.63, 3.8) is 0 Å². The Morgan fingerprint density at radius 3 is 2.52 bits per heavy atom.